The van der Waals surface area contributed by atoms with Crippen molar-refractivity contribution in [2.24, 2.45) is 0 Å². The molecule has 1 heterocycles. The van der Waals surface area contributed by atoms with Crippen LogP contribution in [-0.4, -0.2) is 39.5 Å². The number of rotatable bonds is 8. The van der Waals surface area contributed by atoms with E-state index in [1.54, 1.807) is 32.7 Å². The molecule has 1 aromatic heterocycles. The number of hydrogen-bond acceptors (Lipinski definition) is 6. The quantitative estimate of drug-likeness (QED) is 0.760. The molecule has 1 aromatic carbocycles. The Kier molecular flexibility index (Phi) is 5.98. The average molecular weight is 308 g/mol. The van der Waals surface area contributed by atoms with Crippen molar-refractivity contribution in [3.05, 3.63) is 29.3 Å². The van der Waals surface area contributed by atoms with E-state index in [-0.39, 0.29) is 0 Å². The van der Waals surface area contributed by atoms with Crippen LogP contribution in [0.25, 0.3) is 10.6 Å². The van der Waals surface area contributed by atoms with Crippen LogP contribution in [0.1, 0.15) is 5.69 Å². The Hall–Kier alpha value is -1.63. The minimum Gasteiger partial charge on any atom is -0.493 e. The standard InChI is InChI=1S/C15H20N2O3S/c1-18-7-6-16-9-12-10-21-15(17-12)11-4-5-13(19-2)14(8-11)20-3/h4-5,8,10,16H,6-7,9H2,1-3H3. The van der Waals surface area contributed by atoms with Gasteiger partial charge in [-0.2, -0.15) is 0 Å². The monoisotopic (exact) mass is 308 g/mol. The maximum Gasteiger partial charge on any atom is 0.161 e. The molecule has 1 N–H and O–H groups in total. The van der Waals surface area contributed by atoms with Crippen molar-refractivity contribution in [1.29, 1.82) is 0 Å². The van der Waals surface area contributed by atoms with E-state index in [1.165, 1.54) is 0 Å². The van der Waals surface area contributed by atoms with Gasteiger partial charge < -0.3 is 19.5 Å². The lowest BCUT2D eigenvalue weighted by Gasteiger charge is -2.08. The Morgan fingerprint density at radius 2 is 1.95 bits per heavy atom. The largest absolute Gasteiger partial charge is 0.493 e. The number of methoxy groups -OCH3 is 3. The SMILES string of the molecule is COCCNCc1csc(-c2ccc(OC)c(OC)c2)n1. The molecule has 5 nitrogen and oxygen atoms in total. The van der Waals surface area contributed by atoms with Gasteiger partial charge in [0.15, 0.2) is 11.5 Å². The second-order valence-corrected chi connectivity index (χ2v) is 5.24. The Bertz CT molecular complexity index is 572. The third-order valence-corrected chi connectivity index (χ3v) is 3.91. The summed E-state index contributed by atoms with van der Waals surface area (Å²) < 4.78 is 15.6. The second-order valence-electron chi connectivity index (χ2n) is 4.38. The van der Waals surface area contributed by atoms with Crippen molar-refractivity contribution in [2.45, 2.75) is 6.54 Å². The highest BCUT2D eigenvalue weighted by molar-refractivity contribution is 7.13. The Morgan fingerprint density at radius 3 is 2.67 bits per heavy atom. The van der Waals surface area contributed by atoms with E-state index in [0.717, 1.165) is 35.1 Å². The number of benzene rings is 1. The highest BCUT2D eigenvalue weighted by atomic mass is 32.1. The van der Waals surface area contributed by atoms with Gasteiger partial charge in [-0.05, 0) is 18.2 Å². The molecule has 0 unspecified atom stereocenters. The van der Waals surface area contributed by atoms with Crippen molar-refractivity contribution >= 4 is 11.3 Å². The van der Waals surface area contributed by atoms with Crippen molar-refractivity contribution in [3.8, 4) is 22.1 Å². The summed E-state index contributed by atoms with van der Waals surface area (Å²) in [5.74, 6) is 1.43. The molecule has 0 saturated carbocycles. The molecule has 21 heavy (non-hydrogen) atoms. The molecule has 0 aliphatic carbocycles. The maximum atomic E-state index is 5.32. The molecule has 0 spiro atoms. The number of ether oxygens (including phenoxy) is 3. The zero-order valence-electron chi connectivity index (χ0n) is 12.5. The molecule has 0 aliphatic heterocycles. The van der Waals surface area contributed by atoms with E-state index in [9.17, 15) is 0 Å². The van der Waals surface area contributed by atoms with Gasteiger partial charge in [-0.25, -0.2) is 4.98 Å². The van der Waals surface area contributed by atoms with Gasteiger partial charge in [0.05, 0.1) is 26.5 Å². The lowest BCUT2D eigenvalue weighted by atomic mass is 10.2. The van der Waals surface area contributed by atoms with E-state index < -0.39 is 0 Å². The average Bonchev–Trinajstić information content (AvgIpc) is 2.99. The van der Waals surface area contributed by atoms with E-state index in [1.807, 2.05) is 18.2 Å². The van der Waals surface area contributed by atoms with Gasteiger partial charge >= 0.3 is 0 Å². The van der Waals surface area contributed by atoms with Crippen molar-refractivity contribution in [3.63, 3.8) is 0 Å². The molecule has 0 fully saturated rings. The maximum absolute atomic E-state index is 5.32. The predicted molar refractivity (Wildman–Crippen MR) is 84.2 cm³/mol. The van der Waals surface area contributed by atoms with Crippen LogP contribution in [0.3, 0.4) is 0 Å². The van der Waals surface area contributed by atoms with Crippen LogP contribution in [0.15, 0.2) is 23.6 Å². The number of aromatic nitrogens is 1. The molecular weight excluding hydrogens is 288 g/mol. The van der Waals surface area contributed by atoms with Crippen molar-refractivity contribution in [2.75, 3.05) is 34.5 Å². The fourth-order valence-corrected chi connectivity index (χ4v) is 2.70. The van der Waals surface area contributed by atoms with Gasteiger partial charge in [0, 0.05) is 31.1 Å². The smallest absolute Gasteiger partial charge is 0.161 e. The minimum atomic E-state index is 0.701. The molecule has 0 amide bonds. The Labute approximate surface area is 128 Å². The molecule has 2 rings (SSSR count). The van der Waals surface area contributed by atoms with Crippen molar-refractivity contribution in [1.82, 2.24) is 10.3 Å². The summed E-state index contributed by atoms with van der Waals surface area (Å²) in [7, 11) is 4.96. The third kappa shape index (κ3) is 4.17. The van der Waals surface area contributed by atoms with Gasteiger partial charge in [-0.15, -0.1) is 11.3 Å². The summed E-state index contributed by atoms with van der Waals surface area (Å²) in [6.45, 7) is 2.26. The Morgan fingerprint density at radius 1 is 1.14 bits per heavy atom. The van der Waals surface area contributed by atoms with Crippen molar-refractivity contribution < 1.29 is 14.2 Å². The fourth-order valence-electron chi connectivity index (χ4n) is 1.88. The third-order valence-electron chi connectivity index (χ3n) is 2.97. The predicted octanol–water partition coefficient (Wildman–Crippen LogP) is 2.56. The van der Waals surface area contributed by atoms with Crippen LogP contribution < -0.4 is 14.8 Å². The molecule has 0 aliphatic rings. The molecule has 0 radical (unpaired) electrons. The lowest BCUT2D eigenvalue weighted by molar-refractivity contribution is 0.199. The van der Waals surface area contributed by atoms with Crippen LogP contribution in [-0.2, 0) is 11.3 Å². The summed E-state index contributed by atoms with van der Waals surface area (Å²) >= 11 is 1.62. The number of thiazole rings is 1. The first-order chi connectivity index (χ1) is 10.3. The Balaban J connectivity index is 2.06. The summed E-state index contributed by atoms with van der Waals surface area (Å²) in [6.07, 6.45) is 0. The summed E-state index contributed by atoms with van der Waals surface area (Å²) in [5, 5.41) is 6.32. The lowest BCUT2D eigenvalue weighted by Crippen LogP contribution is -2.18. The molecule has 2 aromatic rings. The van der Waals surface area contributed by atoms with Crippen LogP contribution in [0.5, 0.6) is 11.5 Å². The van der Waals surface area contributed by atoms with E-state index in [4.69, 9.17) is 14.2 Å². The van der Waals surface area contributed by atoms with Gasteiger partial charge in [0.2, 0.25) is 0 Å². The molecular formula is C15H20N2O3S. The van der Waals surface area contributed by atoms with E-state index >= 15 is 0 Å². The first-order valence-corrected chi connectivity index (χ1v) is 7.53. The fraction of sp³-hybridized carbons (Fsp3) is 0.400. The van der Waals surface area contributed by atoms with Gasteiger partial charge in [-0.1, -0.05) is 0 Å². The topological polar surface area (TPSA) is 52.6 Å². The number of hydrogen-bond donors (Lipinski definition) is 1. The first kappa shape index (κ1) is 15.8. The number of nitrogens with one attached hydrogen (secondary N) is 1. The highest BCUT2D eigenvalue weighted by Crippen LogP contribution is 2.33. The molecule has 6 heteroatoms. The minimum absolute atomic E-state index is 0.701. The van der Waals surface area contributed by atoms with Crippen LogP contribution in [0.4, 0.5) is 0 Å². The van der Waals surface area contributed by atoms with Crippen LogP contribution in [0, 0.1) is 0 Å². The molecule has 114 valence electrons. The zero-order chi connectivity index (χ0) is 15.1. The van der Waals surface area contributed by atoms with E-state index in [2.05, 4.69) is 15.7 Å². The van der Waals surface area contributed by atoms with Gasteiger partial charge in [-0.3, -0.25) is 0 Å². The highest BCUT2D eigenvalue weighted by Gasteiger charge is 2.09. The first-order valence-electron chi connectivity index (χ1n) is 6.65. The summed E-state index contributed by atoms with van der Waals surface area (Å²) in [4.78, 5) is 4.63. The van der Waals surface area contributed by atoms with Crippen LogP contribution in [0.2, 0.25) is 0 Å². The number of nitrogens with zero attached hydrogens (tertiary/aromatic N) is 1. The molecule has 0 bridgehead atoms. The zero-order valence-corrected chi connectivity index (χ0v) is 13.3. The second kappa shape index (κ2) is 7.97. The summed E-state index contributed by atoms with van der Waals surface area (Å²) in [6, 6.07) is 5.83. The molecule has 0 atom stereocenters. The normalized spacial score (nSPS) is 10.6. The summed E-state index contributed by atoms with van der Waals surface area (Å²) in [5.41, 5.74) is 2.06. The van der Waals surface area contributed by atoms with E-state index in [0.29, 0.717) is 12.4 Å². The molecule has 0 saturated heterocycles. The van der Waals surface area contributed by atoms with Crippen LogP contribution >= 0.6 is 11.3 Å². The van der Waals surface area contributed by atoms with Gasteiger partial charge in [0.25, 0.3) is 0 Å². The van der Waals surface area contributed by atoms with Gasteiger partial charge in [0.1, 0.15) is 5.01 Å².